The summed E-state index contributed by atoms with van der Waals surface area (Å²) in [5.74, 6) is -0.449. The molecule has 1 rings (SSSR count). The minimum Gasteiger partial charge on any atom is -0.355 e. The normalized spacial score (nSPS) is 12.7. The van der Waals surface area contributed by atoms with Crippen LogP contribution in [0, 0.1) is 12.3 Å². The van der Waals surface area contributed by atoms with Crippen molar-refractivity contribution in [1.82, 2.24) is 5.32 Å². The molecule has 5 nitrogen and oxygen atoms in total. The molecular formula is C15H23N3O2. The van der Waals surface area contributed by atoms with Gasteiger partial charge in [0.05, 0.1) is 6.04 Å². The van der Waals surface area contributed by atoms with Crippen molar-refractivity contribution in [2.75, 3.05) is 12.4 Å². The third-order valence-electron chi connectivity index (χ3n) is 3.20. The Morgan fingerprint density at radius 3 is 2.35 bits per heavy atom. The van der Waals surface area contributed by atoms with Crippen molar-refractivity contribution in [3.63, 3.8) is 0 Å². The van der Waals surface area contributed by atoms with Gasteiger partial charge in [-0.25, -0.2) is 0 Å². The summed E-state index contributed by atoms with van der Waals surface area (Å²) < 4.78 is 0. The first-order valence-corrected chi connectivity index (χ1v) is 6.56. The minimum atomic E-state index is -0.620. The molecule has 0 spiro atoms. The van der Waals surface area contributed by atoms with E-state index in [4.69, 9.17) is 5.73 Å². The SMILES string of the molecule is CNC(=O)c1ccc(C)c(NC(=O)[C@H](N)C(C)(C)C)c1. The molecule has 20 heavy (non-hydrogen) atoms. The van der Waals surface area contributed by atoms with Crippen molar-refractivity contribution >= 4 is 17.5 Å². The van der Waals surface area contributed by atoms with Crippen molar-refractivity contribution in [2.24, 2.45) is 11.1 Å². The van der Waals surface area contributed by atoms with E-state index in [1.807, 2.05) is 27.7 Å². The fourth-order valence-electron chi connectivity index (χ4n) is 1.65. The maximum absolute atomic E-state index is 12.1. The van der Waals surface area contributed by atoms with Gasteiger partial charge in [-0.15, -0.1) is 0 Å². The Hall–Kier alpha value is -1.88. The second-order valence-electron chi connectivity index (χ2n) is 5.94. The molecule has 4 N–H and O–H groups in total. The number of benzene rings is 1. The Labute approximate surface area is 119 Å². The van der Waals surface area contributed by atoms with Gasteiger partial charge < -0.3 is 16.4 Å². The molecule has 1 aromatic rings. The first kappa shape index (κ1) is 16.2. The van der Waals surface area contributed by atoms with Gasteiger partial charge in [0.1, 0.15) is 0 Å². The number of hydrogen-bond donors (Lipinski definition) is 3. The molecule has 0 heterocycles. The molecule has 0 aliphatic rings. The molecule has 0 fully saturated rings. The third kappa shape index (κ3) is 3.81. The molecule has 110 valence electrons. The average Bonchev–Trinajstić information content (AvgIpc) is 2.38. The van der Waals surface area contributed by atoms with Crippen LogP contribution in [0.25, 0.3) is 0 Å². The van der Waals surface area contributed by atoms with Gasteiger partial charge in [0.25, 0.3) is 5.91 Å². The van der Waals surface area contributed by atoms with Crippen LogP contribution in [0.5, 0.6) is 0 Å². The fourth-order valence-corrected chi connectivity index (χ4v) is 1.65. The molecular weight excluding hydrogens is 254 g/mol. The van der Waals surface area contributed by atoms with Gasteiger partial charge in [0.15, 0.2) is 0 Å². The van der Waals surface area contributed by atoms with E-state index in [2.05, 4.69) is 10.6 Å². The number of carbonyl (C=O) groups excluding carboxylic acids is 2. The van der Waals surface area contributed by atoms with Gasteiger partial charge in [0, 0.05) is 18.3 Å². The molecule has 0 radical (unpaired) electrons. The van der Waals surface area contributed by atoms with Gasteiger partial charge in [-0.05, 0) is 30.0 Å². The Balaban J connectivity index is 2.97. The van der Waals surface area contributed by atoms with Gasteiger partial charge in [0.2, 0.25) is 5.91 Å². The molecule has 0 aliphatic heterocycles. The predicted molar refractivity (Wildman–Crippen MR) is 80.6 cm³/mol. The van der Waals surface area contributed by atoms with Gasteiger partial charge >= 0.3 is 0 Å². The highest BCUT2D eigenvalue weighted by Crippen LogP contribution is 2.21. The van der Waals surface area contributed by atoms with E-state index in [9.17, 15) is 9.59 Å². The zero-order valence-corrected chi connectivity index (χ0v) is 12.7. The number of amides is 2. The number of hydrogen-bond acceptors (Lipinski definition) is 3. The topological polar surface area (TPSA) is 84.2 Å². The lowest BCUT2D eigenvalue weighted by Crippen LogP contribution is -2.45. The molecule has 0 aliphatic carbocycles. The summed E-state index contributed by atoms with van der Waals surface area (Å²) in [5, 5.41) is 5.34. The van der Waals surface area contributed by atoms with E-state index in [0.29, 0.717) is 11.3 Å². The Bertz CT molecular complexity index is 518. The smallest absolute Gasteiger partial charge is 0.251 e. The van der Waals surface area contributed by atoms with Crippen LogP contribution in [0.1, 0.15) is 36.7 Å². The van der Waals surface area contributed by atoms with Crippen molar-refractivity contribution in [2.45, 2.75) is 33.7 Å². The Morgan fingerprint density at radius 1 is 1.25 bits per heavy atom. The van der Waals surface area contributed by atoms with Crippen LogP contribution in [-0.4, -0.2) is 24.9 Å². The maximum Gasteiger partial charge on any atom is 0.251 e. The molecule has 0 saturated heterocycles. The van der Waals surface area contributed by atoms with Gasteiger partial charge in [-0.2, -0.15) is 0 Å². The number of nitrogens with two attached hydrogens (primary N) is 1. The summed E-state index contributed by atoms with van der Waals surface area (Å²) >= 11 is 0. The summed E-state index contributed by atoms with van der Waals surface area (Å²) in [6, 6.07) is 4.54. The lowest BCUT2D eigenvalue weighted by atomic mass is 9.87. The molecule has 1 aromatic carbocycles. The van der Waals surface area contributed by atoms with Gasteiger partial charge in [-0.3, -0.25) is 9.59 Å². The summed E-state index contributed by atoms with van der Waals surface area (Å²) in [6.45, 7) is 7.59. The van der Waals surface area contributed by atoms with Crippen LogP contribution >= 0.6 is 0 Å². The number of nitrogens with one attached hydrogen (secondary N) is 2. The molecule has 0 saturated carbocycles. The number of rotatable bonds is 3. The van der Waals surface area contributed by atoms with Crippen LogP contribution in [0.3, 0.4) is 0 Å². The lowest BCUT2D eigenvalue weighted by Gasteiger charge is -2.26. The van der Waals surface area contributed by atoms with E-state index < -0.39 is 6.04 Å². The maximum atomic E-state index is 12.1. The number of carbonyl (C=O) groups is 2. The molecule has 0 aromatic heterocycles. The largest absolute Gasteiger partial charge is 0.355 e. The highest BCUT2D eigenvalue weighted by atomic mass is 16.2. The molecule has 2 amide bonds. The fraction of sp³-hybridized carbons (Fsp3) is 0.467. The standard InChI is InChI=1S/C15H23N3O2/c1-9-6-7-10(13(19)17-5)8-11(9)18-14(20)12(16)15(2,3)4/h6-8,12H,16H2,1-5H3,(H,17,19)(H,18,20)/t12-/m0/s1. The third-order valence-corrected chi connectivity index (χ3v) is 3.20. The van der Waals surface area contributed by atoms with Crippen LogP contribution in [0.15, 0.2) is 18.2 Å². The monoisotopic (exact) mass is 277 g/mol. The summed E-state index contributed by atoms with van der Waals surface area (Å²) in [4.78, 5) is 23.7. The van der Waals surface area contributed by atoms with E-state index in [-0.39, 0.29) is 17.2 Å². The van der Waals surface area contributed by atoms with Crippen LogP contribution in [-0.2, 0) is 4.79 Å². The zero-order chi connectivity index (χ0) is 15.5. The molecule has 5 heteroatoms. The Kier molecular flexibility index (Phi) is 4.89. The predicted octanol–water partition coefficient (Wildman–Crippen LogP) is 1.67. The van der Waals surface area contributed by atoms with E-state index in [1.165, 1.54) is 0 Å². The number of aryl methyl sites for hydroxylation is 1. The second kappa shape index (κ2) is 6.05. The van der Waals surface area contributed by atoms with Crippen molar-refractivity contribution in [1.29, 1.82) is 0 Å². The van der Waals surface area contributed by atoms with Crippen molar-refractivity contribution in [3.8, 4) is 0 Å². The van der Waals surface area contributed by atoms with Crippen molar-refractivity contribution < 1.29 is 9.59 Å². The molecule has 0 unspecified atom stereocenters. The van der Waals surface area contributed by atoms with Crippen LogP contribution in [0.4, 0.5) is 5.69 Å². The molecule has 1 atom stereocenters. The first-order chi connectivity index (χ1) is 9.16. The van der Waals surface area contributed by atoms with E-state index in [0.717, 1.165) is 5.56 Å². The van der Waals surface area contributed by atoms with Crippen LogP contribution < -0.4 is 16.4 Å². The minimum absolute atomic E-state index is 0.194. The Morgan fingerprint density at radius 2 is 1.85 bits per heavy atom. The van der Waals surface area contributed by atoms with E-state index >= 15 is 0 Å². The van der Waals surface area contributed by atoms with Crippen molar-refractivity contribution in [3.05, 3.63) is 29.3 Å². The van der Waals surface area contributed by atoms with Crippen LogP contribution in [0.2, 0.25) is 0 Å². The van der Waals surface area contributed by atoms with Gasteiger partial charge in [-0.1, -0.05) is 26.8 Å². The average molecular weight is 277 g/mol. The zero-order valence-electron chi connectivity index (χ0n) is 12.7. The summed E-state index contributed by atoms with van der Waals surface area (Å²) in [5.41, 5.74) is 7.59. The highest BCUT2D eigenvalue weighted by molar-refractivity contribution is 5.99. The first-order valence-electron chi connectivity index (χ1n) is 6.56. The molecule has 0 bridgehead atoms. The lowest BCUT2D eigenvalue weighted by molar-refractivity contribution is -0.119. The number of anilines is 1. The van der Waals surface area contributed by atoms with E-state index in [1.54, 1.807) is 25.2 Å². The quantitative estimate of drug-likeness (QED) is 0.785. The summed E-state index contributed by atoms with van der Waals surface area (Å²) in [6.07, 6.45) is 0. The highest BCUT2D eigenvalue weighted by Gasteiger charge is 2.27. The summed E-state index contributed by atoms with van der Waals surface area (Å²) in [7, 11) is 1.57. The second-order valence-corrected chi connectivity index (χ2v) is 5.94.